The predicted octanol–water partition coefficient (Wildman–Crippen LogP) is 5.35. The number of nitrogens with zero attached hydrogens (tertiary/aromatic N) is 4. The largest absolute Gasteiger partial charge is 0.350 e. The summed E-state index contributed by atoms with van der Waals surface area (Å²) in [6.07, 6.45) is 0. The molecule has 2 aromatic carbocycles. The minimum Gasteiger partial charge on any atom is -0.350 e. The summed E-state index contributed by atoms with van der Waals surface area (Å²) in [5.74, 6) is 1.44. The van der Waals surface area contributed by atoms with E-state index in [4.69, 9.17) is 20.6 Å². The van der Waals surface area contributed by atoms with Crippen LogP contribution in [0.15, 0.2) is 62.0 Å². The van der Waals surface area contributed by atoms with Gasteiger partial charge < -0.3 is 14.0 Å². The van der Waals surface area contributed by atoms with Gasteiger partial charge in [-0.2, -0.15) is 4.98 Å². The number of hydrogen-bond acceptors (Lipinski definition) is 6. The third-order valence-corrected chi connectivity index (χ3v) is 4.69. The highest BCUT2D eigenvalue weighted by molar-refractivity contribution is 9.10. The molecule has 0 aliphatic heterocycles. The zero-order chi connectivity index (χ0) is 18.4. The topological polar surface area (TPSA) is 93.6 Å². The summed E-state index contributed by atoms with van der Waals surface area (Å²) in [7, 11) is 0. The zero-order valence-corrected chi connectivity index (χ0v) is 15.8. The van der Waals surface area contributed by atoms with Gasteiger partial charge in [-0.05, 0) is 30.3 Å². The van der Waals surface area contributed by atoms with Crippen LogP contribution in [-0.4, -0.2) is 25.3 Å². The van der Waals surface area contributed by atoms with Crippen molar-refractivity contribution in [3.8, 4) is 34.6 Å². The minimum atomic E-state index is 0.222. The van der Waals surface area contributed by atoms with Gasteiger partial charge in [0.25, 0.3) is 5.89 Å². The number of H-pyrrole nitrogens is 1. The summed E-state index contributed by atoms with van der Waals surface area (Å²) in [5.41, 5.74) is 3.20. The number of fused-ring (bicyclic) bond motifs is 1. The fourth-order valence-electron chi connectivity index (χ4n) is 2.64. The normalized spacial score (nSPS) is 11.3. The number of nitrogens with one attached hydrogen (secondary N) is 1. The standard InChI is InChI=1S/C18H9BrClN5O2/c19-10-3-6-12-14(7-10)22-16(21-12)17-23-18(27-25-17)15-8-13(24-26-15)9-1-4-11(20)5-2-9/h1-8H,(H,21,22). The van der Waals surface area contributed by atoms with Gasteiger partial charge in [0.1, 0.15) is 5.69 Å². The maximum absolute atomic E-state index is 5.91. The SMILES string of the molecule is Clc1ccc(-c2cc(-c3nc(-c4nc5ccc(Br)cc5[nH]4)no3)on2)cc1. The van der Waals surface area contributed by atoms with Crippen molar-refractivity contribution in [3.63, 3.8) is 0 Å². The lowest BCUT2D eigenvalue weighted by Gasteiger charge is -1.93. The van der Waals surface area contributed by atoms with Crippen molar-refractivity contribution in [2.45, 2.75) is 0 Å². The first-order chi connectivity index (χ1) is 13.2. The van der Waals surface area contributed by atoms with E-state index in [1.54, 1.807) is 18.2 Å². The van der Waals surface area contributed by atoms with Crippen LogP contribution in [0.5, 0.6) is 0 Å². The van der Waals surface area contributed by atoms with Crippen LogP contribution in [0.25, 0.3) is 45.6 Å². The molecule has 0 spiro atoms. The molecule has 0 bridgehead atoms. The molecule has 5 aromatic rings. The maximum atomic E-state index is 5.91. The Morgan fingerprint density at radius 2 is 1.78 bits per heavy atom. The van der Waals surface area contributed by atoms with E-state index < -0.39 is 0 Å². The van der Waals surface area contributed by atoms with Crippen molar-refractivity contribution in [2.24, 2.45) is 0 Å². The predicted molar refractivity (Wildman–Crippen MR) is 103 cm³/mol. The smallest absolute Gasteiger partial charge is 0.296 e. The second-order valence-corrected chi connectivity index (χ2v) is 7.11. The van der Waals surface area contributed by atoms with Crippen molar-refractivity contribution in [2.75, 3.05) is 0 Å². The minimum absolute atomic E-state index is 0.222. The van der Waals surface area contributed by atoms with Gasteiger partial charge in [-0.3, -0.25) is 0 Å². The van der Waals surface area contributed by atoms with Crippen LogP contribution in [0.3, 0.4) is 0 Å². The van der Waals surface area contributed by atoms with Crippen molar-refractivity contribution < 1.29 is 9.05 Å². The van der Waals surface area contributed by atoms with Crippen molar-refractivity contribution >= 4 is 38.6 Å². The molecule has 0 amide bonds. The van der Waals surface area contributed by atoms with Gasteiger partial charge in [0.15, 0.2) is 5.82 Å². The molecule has 3 heterocycles. The van der Waals surface area contributed by atoms with Gasteiger partial charge in [-0.25, -0.2) is 4.98 Å². The Labute approximate surface area is 165 Å². The molecule has 3 aromatic heterocycles. The van der Waals surface area contributed by atoms with Crippen molar-refractivity contribution in [1.29, 1.82) is 0 Å². The van der Waals surface area contributed by atoms with Crippen LogP contribution >= 0.6 is 27.5 Å². The molecule has 0 aliphatic rings. The number of halogens is 2. The van der Waals surface area contributed by atoms with Gasteiger partial charge >= 0.3 is 0 Å². The highest BCUT2D eigenvalue weighted by Gasteiger charge is 2.18. The van der Waals surface area contributed by atoms with Gasteiger partial charge in [0.05, 0.1) is 11.0 Å². The summed E-state index contributed by atoms with van der Waals surface area (Å²) in [4.78, 5) is 12.0. The molecule has 0 saturated carbocycles. The second kappa shape index (κ2) is 6.33. The Balaban J connectivity index is 1.47. The quantitative estimate of drug-likeness (QED) is 0.405. The number of imidazole rings is 1. The second-order valence-electron chi connectivity index (χ2n) is 5.75. The van der Waals surface area contributed by atoms with E-state index in [9.17, 15) is 0 Å². The van der Waals surface area contributed by atoms with E-state index in [0.717, 1.165) is 21.1 Å². The van der Waals surface area contributed by atoms with Gasteiger partial charge in [0.2, 0.25) is 11.6 Å². The lowest BCUT2D eigenvalue weighted by Crippen LogP contribution is -1.82. The van der Waals surface area contributed by atoms with Crippen LogP contribution in [0, 0.1) is 0 Å². The van der Waals surface area contributed by atoms with Crippen LogP contribution < -0.4 is 0 Å². The first kappa shape index (κ1) is 16.2. The fourth-order valence-corrected chi connectivity index (χ4v) is 3.13. The molecule has 0 fully saturated rings. The zero-order valence-electron chi connectivity index (χ0n) is 13.5. The molecule has 0 saturated heterocycles. The molecule has 0 atom stereocenters. The number of rotatable bonds is 3. The molecule has 0 radical (unpaired) electrons. The van der Waals surface area contributed by atoms with E-state index in [2.05, 4.69) is 41.2 Å². The lowest BCUT2D eigenvalue weighted by atomic mass is 10.1. The number of benzene rings is 2. The van der Waals surface area contributed by atoms with E-state index in [0.29, 0.717) is 28.1 Å². The van der Waals surface area contributed by atoms with E-state index in [1.807, 2.05) is 30.3 Å². The highest BCUT2D eigenvalue weighted by atomic mass is 79.9. The summed E-state index contributed by atoms with van der Waals surface area (Å²) in [5, 5.41) is 8.68. The average molecular weight is 443 g/mol. The van der Waals surface area contributed by atoms with Crippen LogP contribution in [-0.2, 0) is 0 Å². The average Bonchev–Trinajstić information content (AvgIpc) is 3.40. The Hall–Kier alpha value is -2.97. The molecule has 5 rings (SSSR count). The maximum Gasteiger partial charge on any atom is 0.296 e. The van der Waals surface area contributed by atoms with E-state index >= 15 is 0 Å². The molecule has 132 valence electrons. The van der Waals surface area contributed by atoms with Crippen molar-refractivity contribution in [3.05, 3.63) is 58.0 Å². The molecular weight excluding hydrogens is 434 g/mol. The number of hydrogen-bond donors (Lipinski definition) is 1. The monoisotopic (exact) mass is 441 g/mol. The van der Waals surface area contributed by atoms with Gasteiger partial charge in [-0.15, -0.1) is 0 Å². The Morgan fingerprint density at radius 1 is 0.926 bits per heavy atom. The van der Waals surface area contributed by atoms with Crippen LogP contribution in [0.4, 0.5) is 0 Å². The third kappa shape index (κ3) is 3.02. The molecule has 1 N–H and O–H groups in total. The molecule has 27 heavy (non-hydrogen) atoms. The number of aromatic amines is 1. The highest BCUT2D eigenvalue weighted by Crippen LogP contribution is 2.28. The molecule has 7 nitrogen and oxygen atoms in total. The number of aromatic nitrogens is 5. The third-order valence-electron chi connectivity index (χ3n) is 3.94. The Morgan fingerprint density at radius 3 is 2.63 bits per heavy atom. The molecular formula is C18H9BrClN5O2. The van der Waals surface area contributed by atoms with Gasteiger partial charge in [-0.1, -0.05) is 50.0 Å². The molecule has 9 heteroatoms. The summed E-state index contributed by atoms with van der Waals surface area (Å²) >= 11 is 9.34. The van der Waals surface area contributed by atoms with Crippen molar-refractivity contribution in [1.82, 2.24) is 25.3 Å². The fraction of sp³-hybridized carbons (Fsp3) is 0. The van der Waals surface area contributed by atoms with Gasteiger partial charge in [0, 0.05) is 21.1 Å². The van der Waals surface area contributed by atoms with Crippen LogP contribution in [0.1, 0.15) is 0 Å². The van der Waals surface area contributed by atoms with Crippen LogP contribution in [0.2, 0.25) is 5.02 Å². The Kier molecular flexibility index (Phi) is 3.80. The first-order valence-electron chi connectivity index (χ1n) is 7.88. The molecule has 0 aliphatic carbocycles. The summed E-state index contributed by atoms with van der Waals surface area (Å²) in [6, 6.07) is 14.8. The Bertz CT molecular complexity index is 1260. The molecule has 0 unspecified atom stereocenters. The first-order valence-corrected chi connectivity index (χ1v) is 9.05. The lowest BCUT2D eigenvalue weighted by molar-refractivity contribution is 0.386. The van der Waals surface area contributed by atoms with E-state index in [1.165, 1.54) is 0 Å². The summed E-state index contributed by atoms with van der Waals surface area (Å²) in [6.45, 7) is 0. The van der Waals surface area contributed by atoms with E-state index in [-0.39, 0.29) is 5.89 Å². The summed E-state index contributed by atoms with van der Waals surface area (Å²) < 4.78 is 11.6.